The lowest BCUT2D eigenvalue weighted by molar-refractivity contribution is 0.357. The van der Waals surface area contributed by atoms with Gasteiger partial charge in [0.2, 0.25) is 0 Å². The Balaban J connectivity index is 1.76. The summed E-state index contributed by atoms with van der Waals surface area (Å²) in [6.07, 6.45) is 7.89. The molecular formula is C16H21N3O. The van der Waals surface area contributed by atoms with Gasteiger partial charge in [0.1, 0.15) is 0 Å². The maximum atomic E-state index is 6.19. The van der Waals surface area contributed by atoms with E-state index in [9.17, 15) is 0 Å². The van der Waals surface area contributed by atoms with Crippen molar-refractivity contribution in [2.75, 3.05) is 5.73 Å². The van der Waals surface area contributed by atoms with Crippen LogP contribution in [0.3, 0.4) is 0 Å². The standard InChI is InChI=1S/C16H21N3O/c1-11-18-16(20-19-11)14-8-7-13(15(17)10-14)9-12-5-3-2-4-6-12/h7-8,10,12H,2-6,9,17H2,1H3. The van der Waals surface area contributed by atoms with Crippen molar-refractivity contribution < 1.29 is 4.52 Å². The van der Waals surface area contributed by atoms with Crippen molar-refractivity contribution in [3.05, 3.63) is 29.6 Å². The predicted molar refractivity (Wildman–Crippen MR) is 79.2 cm³/mol. The van der Waals surface area contributed by atoms with Crippen LogP contribution in [0.1, 0.15) is 43.5 Å². The largest absolute Gasteiger partial charge is 0.398 e. The van der Waals surface area contributed by atoms with Gasteiger partial charge < -0.3 is 10.3 Å². The highest BCUT2D eigenvalue weighted by atomic mass is 16.5. The molecule has 106 valence electrons. The molecule has 0 atom stereocenters. The van der Waals surface area contributed by atoms with Gasteiger partial charge in [-0.05, 0) is 37.0 Å². The molecule has 1 aromatic carbocycles. The number of benzene rings is 1. The topological polar surface area (TPSA) is 64.9 Å². The molecule has 1 aliphatic rings. The van der Waals surface area contributed by atoms with Crippen molar-refractivity contribution >= 4 is 5.69 Å². The molecule has 0 bridgehead atoms. The Labute approximate surface area is 119 Å². The van der Waals surface area contributed by atoms with Gasteiger partial charge in [-0.25, -0.2) is 0 Å². The van der Waals surface area contributed by atoms with Gasteiger partial charge in [-0.15, -0.1) is 0 Å². The molecule has 1 saturated carbocycles. The van der Waals surface area contributed by atoms with Crippen LogP contribution in [0.5, 0.6) is 0 Å². The van der Waals surface area contributed by atoms with Gasteiger partial charge in [-0.2, -0.15) is 4.98 Å². The van der Waals surface area contributed by atoms with Gasteiger partial charge >= 0.3 is 0 Å². The number of aryl methyl sites for hydroxylation is 1. The fourth-order valence-corrected chi connectivity index (χ4v) is 3.03. The minimum Gasteiger partial charge on any atom is -0.398 e. The molecule has 20 heavy (non-hydrogen) atoms. The van der Waals surface area contributed by atoms with E-state index in [4.69, 9.17) is 10.3 Å². The second-order valence-corrected chi connectivity index (χ2v) is 5.77. The highest BCUT2D eigenvalue weighted by molar-refractivity contribution is 5.62. The lowest BCUT2D eigenvalue weighted by Gasteiger charge is -2.22. The number of anilines is 1. The number of rotatable bonds is 3. The summed E-state index contributed by atoms with van der Waals surface area (Å²) in [5.74, 6) is 1.98. The van der Waals surface area contributed by atoms with Crippen LogP contribution in [-0.4, -0.2) is 10.1 Å². The fraction of sp³-hybridized carbons (Fsp3) is 0.500. The molecule has 1 aromatic heterocycles. The summed E-state index contributed by atoms with van der Waals surface area (Å²) in [7, 11) is 0. The van der Waals surface area contributed by atoms with Crippen LogP contribution in [0.4, 0.5) is 5.69 Å². The lowest BCUT2D eigenvalue weighted by atomic mass is 9.84. The van der Waals surface area contributed by atoms with E-state index in [1.807, 2.05) is 19.1 Å². The van der Waals surface area contributed by atoms with Gasteiger partial charge in [0, 0.05) is 11.3 Å². The van der Waals surface area contributed by atoms with E-state index in [0.717, 1.165) is 23.6 Å². The molecule has 1 aliphatic carbocycles. The second kappa shape index (κ2) is 5.65. The average Bonchev–Trinajstić information content (AvgIpc) is 2.89. The number of aromatic nitrogens is 2. The smallest absolute Gasteiger partial charge is 0.257 e. The average molecular weight is 271 g/mol. The summed E-state index contributed by atoms with van der Waals surface area (Å²) in [6.45, 7) is 1.81. The Morgan fingerprint density at radius 3 is 2.70 bits per heavy atom. The number of nitrogens with two attached hydrogens (primary N) is 1. The lowest BCUT2D eigenvalue weighted by Crippen LogP contribution is -2.10. The summed E-state index contributed by atoms with van der Waals surface area (Å²) in [5.41, 5.74) is 9.18. The third-order valence-electron chi connectivity index (χ3n) is 4.15. The molecule has 4 heteroatoms. The van der Waals surface area contributed by atoms with Gasteiger partial charge in [0.05, 0.1) is 0 Å². The van der Waals surface area contributed by atoms with E-state index in [2.05, 4.69) is 16.2 Å². The van der Waals surface area contributed by atoms with E-state index in [-0.39, 0.29) is 0 Å². The van der Waals surface area contributed by atoms with E-state index in [0.29, 0.717) is 11.7 Å². The molecule has 0 spiro atoms. The van der Waals surface area contributed by atoms with Gasteiger partial charge in [-0.1, -0.05) is 43.3 Å². The number of nitrogens with zero attached hydrogens (tertiary/aromatic N) is 2. The minimum absolute atomic E-state index is 0.540. The Morgan fingerprint density at radius 2 is 2.05 bits per heavy atom. The van der Waals surface area contributed by atoms with Crippen LogP contribution in [0.15, 0.2) is 22.7 Å². The first-order valence-electron chi connectivity index (χ1n) is 7.41. The Bertz CT molecular complexity index is 585. The monoisotopic (exact) mass is 271 g/mol. The van der Waals surface area contributed by atoms with Crippen molar-refractivity contribution in [2.45, 2.75) is 45.4 Å². The first kappa shape index (κ1) is 13.2. The van der Waals surface area contributed by atoms with Crippen molar-refractivity contribution in [3.63, 3.8) is 0 Å². The van der Waals surface area contributed by atoms with E-state index >= 15 is 0 Å². The molecule has 0 unspecified atom stereocenters. The fourth-order valence-electron chi connectivity index (χ4n) is 3.03. The van der Waals surface area contributed by atoms with Gasteiger partial charge in [-0.3, -0.25) is 0 Å². The zero-order chi connectivity index (χ0) is 13.9. The van der Waals surface area contributed by atoms with E-state index < -0.39 is 0 Å². The highest BCUT2D eigenvalue weighted by Crippen LogP contribution is 2.30. The minimum atomic E-state index is 0.540. The van der Waals surface area contributed by atoms with Crippen LogP contribution in [0.25, 0.3) is 11.5 Å². The van der Waals surface area contributed by atoms with Crippen LogP contribution in [0.2, 0.25) is 0 Å². The summed E-state index contributed by atoms with van der Waals surface area (Å²) >= 11 is 0. The van der Waals surface area contributed by atoms with Gasteiger partial charge in [0.25, 0.3) is 5.89 Å². The van der Waals surface area contributed by atoms with Crippen molar-refractivity contribution in [1.29, 1.82) is 0 Å². The molecule has 1 heterocycles. The summed E-state index contributed by atoms with van der Waals surface area (Å²) < 4.78 is 5.18. The first-order chi connectivity index (χ1) is 9.72. The van der Waals surface area contributed by atoms with Crippen LogP contribution >= 0.6 is 0 Å². The normalized spacial score (nSPS) is 16.4. The maximum absolute atomic E-state index is 6.19. The van der Waals surface area contributed by atoms with E-state index in [1.165, 1.54) is 37.7 Å². The molecule has 3 rings (SSSR count). The quantitative estimate of drug-likeness (QED) is 0.863. The highest BCUT2D eigenvalue weighted by Gasteiger charge is 2.16. The van der Waals surface area contributed by atoms with Crippen molar-refractivity contribution in [2.24, 2.45) is 5.92 Å². The van der Waals surface area contributed by atoms with Crippen LogP contribution in [-0.2, 0) is 6.42 Å². The second-order valence-electron chi connectivity index (χ2n) is 5.77. The SMILES string of the molecule is Cc1noc(-c2ccc(CC3CCCCC3)c(N)c2)n1. The number of hydrogen-bond acceptors (Lipinski definition) is 4. The number of hydrogen-bond donors (Lipinski definition) is 1. The Morgan fingerprint density at radius 1 is 1.25 bits per heavy atom. The van der Waals surface area contributed by atoms with Crippen LogP contribution in [0, 0.1) is 12.8 Å². The van der Waals surface area contributed by atoms with Gasteiger partial charge in [0.15, 0.2) is 5.82 Å². The molecule has 2 aromatic rings. The predicted octanol–water partition coefficient (Wildman–Crippen LogP) is 3.75. The molecule has 0 saturated heterocycles. The van der Waals surface area contributed by atoms with E-state index in [1.54, 1.807) is 0 Å². The summed E-state index contributed by atoms with van der Waals surface area (Å²) in [5, 5.41) is 3.81. The molecule has 1 fully saturated rings. The Kier molecular flexibility index (Phi) is 3.72. The first-order valence-corrected chi connectivity index (χ1v) is 7.41. The molecule has 0 aliphatic heterocycles. The zero-order valence-corrected chi connectivity index (χ0v) is 11.9. The number of nitrogen functional groups attached to an aromatic ring is 1. The zero-order valence-electron chi connectivity index (χ0n) is 11.9. The maximum Gasteiger partial charge on any atom is 0.257 e. The third-order valence-corrected chi connectivity index (χ3v) is 4.15. The summed E-state index contributed by atoms with van der Waals surface area (Å²) in [4.78, 5) is 4.23. The molecule has 0 amide bonds. The van der Waals surface area contributed by atoms with Crippen molar-refractivity contribution in [1.82, 2.24) is 10.1 Å². The molecule has 2 N–H and O–H groups in total. The Hall–Kier alpha value is -1.84. The summed E-state index contributed by atoms with van der Waals surface area (Å²) in [6, 6.07) is 6.09. The van der Waals surface area contributed by atoms with Crippen molar-refractivity contribution in [3.8, 4) is 11.5 Å². The molecule has 4 nitrogen and oxygen atoms in total. The molecular weight excluding hydrogens is 250 g/mol. The molecule has 0 radical (unpaired) electrons. The van der Waals surface area contributed by atoms with Crippen LogP contribution < -0.4 is 5.73 Å². The third kappa shape index (κ3) is 2.84.